The predicted octanol–water partition coefficient (Wildman–Crippen LogP) is 6.44. The van der Waals surface area contributed by atoms with E-state index < -0.39 is 11.6 Å². The van der Waals surface area contributed by atoms with Crippen molar-refractivity contribution in [3.05, 3.63) is 107 Å². The van der Waals surface area contributed by atoms with Crippen LogP contribution in [0.5, 0.6) is 0 Å². The highest BCUT2D eigenvalue weighted by Gasteiger charge is 2.32. The van der Waals surface area contributed by atoms with Crippen molar-refractivity contribution < 1.29 is 14.0 Å². The Kier molecular flexibility index (Phi) is 9.62. The number of nitrogens with one attached hydrogen (secondary N) is 1. The van der Waals surface area contributed by atoms with Crippen LogP contribution in [0.25, 0.3) is 0 Å². The SMILES string of the molecule is CC(C)c1ccc(CCC(=O)N(Cc2ccccc2F)[C@H](Cc2ccccc2)C(=O)NC(C)(C)C)cc1. The molecule has 0 aliphatic carbocycles. The summed E-state index contributed by atoms with van der Waals surface area (Å²) in [5, 5.41) is 3.04. The van der Waals surface area contributed by atoms with Gasteiger partial charge in [-0.1, -0.05) is 86.6 Å². The molecule has 4 nitrogen and oxygen atoms in total. The number of benzene rings is 3. The average molecular weight is 503 g/mol. The maximum atomic E-state index is 14.7. The minimum absolute atomic E-state index is 0.0207. The molecule has 0 aromatic heterocycles. The molecule has 3 aromatic rings. The van der Waals surface area contributed by atoms with E-state index in [9.17, 15) is 14.0 Å². The molecule has 1 N–H and O–H groups in total. The molecule has 0 unspecified atom stereocenters. The number of aryl methyl sites for hydroxylation is 1. The second kappa shape index (κ2) is 12.7. The molecule has 196 valence electrons. The first-order valence-corrected chi connectivity index (χ1v) is 13.0. The molecule has 37 heavy (non-hydrogen) atoms. The largest absolute Gasteiger partial charge is 0.350 e. The number of hydrogen-bond donors (Lipinski definition) is 1. The van der Waals surface area contributed by atoms with Gasteiger partial charge in [0, 0.05) is 30.5 Å². The van der Waals surface area contributed by atoms with Gasteiger partial charge in [0.05, 0.1) is 0 Å². The lowest BCUT2D eigenvalue weighted by molar-refractivity contribution is -0.142. The average Bonchev–Trinajstić information content (AvgIpc) is 2.85. The third-order valence-electron chi connectivity index (χ3n) is 6.34. The molecule has 1 atom stereocenters. The topological polar surface area (TPSA) is 49.4 Å². The van der Waals surface area contributed by atoms with Crippen molar-refractivity contribution in [2.75, 3.05) is 0 Å². The van der Waals surface area contributed by atoms with E-state index in [0.717, 1.165) is 11.1 Å². The number of carbonyl (C=O) groups excluding carboxylic acids is 2. The van der Waals surface area contributed by atoms with Crippen LogP contribution in [0.4, 0.5) is 4.39 Å². The third-order valence-corrected chi connectivity index (χ3v) is 6.34. The lowest BCUT2D eigenvalue weighted by atomic mass is 9.98. The van der Waals surface area contributed by atoms with Crippen LogP contribution < -0.4 is 5.32 Å². The molecule has 0 aliphatic heterocycles. The Morgan fingerprint density at radius 1 is 0.865 bits per heavy atom. The van der Waals surface area contributed by atoms with Crippen LogP contribution in [0.2, 0.25) is 0 Å². The minimum atomic E-state index is -0.781. The maximum absolute atomic E-state index is 14.7. The fourth-order valence-electron chi connectivity index (χ4n) is 4.28. The second-order valence-corrected chi connectivity index (χ2v) is 11.0. The highest BCUT2D eigenvalue weighted by atomic mass is 19.1. The van der Waals surface area contributed by atoms with Crippen molar-refractivity contribution >= 4 is 11.8 Å². The van der Waals surface area contributed by atoms with Crippen molar-refractivity contribution in [2.45, 2.75) is 77.9 Å². The Balaban J connectivity index is 1.91. The zero-order valence-corrected chi connectivity index (χ0v) is 22.6. The molecular formula is C32H39FN2O2. The van der Waals surface area contributed by atoms with Gasteiger partial charge in [-0.2, -0.15) is 0 Å². The Morgan fingerprint density at radius 3 is 2.08 bits per heavy atom. The molecular weight excluding hydrogens is 463 g/mol. The molecule has 3 rings (SSSR count). The van der Waals surface area contributed by atoms with Crippen LogP contribution in [-0.4, -0.2) is 28.3 Å². The van der Waals surface area contributed by atoms with E-state index in [1.807, 2.05) is 51.1 Å². The summed E-state index contributed by atoms with van der Waals surface area (Å²) in [7, 11) is 0. The predicted molar refractivity (Wildman–Crippen MR) is 148 cm³/mol. The van der Waals surface area contributed by atoms with Gasteiger partial charge in [0.15, 0.2) is 0 Å². The smallest absolute Gasteiger partial charge is 0.243 e. The molecule has 0 aliphatic rings. The summed E-state index contributed by atoms with van der Waals surface area (Å²) in [4.78, 5) is 28.8. The van der Waals surface area contributed by atoms with Crippen LogP contribution in [0, 0.1) is 5.82 Å². The molecule has 0 saturated heterocycles. The van der Waals surface area contributed by atoms with Crippen molar-refractivity contribution in [3.63, 3.8) is 0 Å². The molecule has 0 bridgehead atoms. The van der Waals surface area contributed by atoms with Crippen molar-refractivity contribution in [3.8, 4) is 0 Å². The Hall–Kier alpha value is -3.47. The van der Waals surface area contributed by atoms with Crippen LogP contribution in [0.3, 0.4) is 0 Å². The van der Waals surface area contributed by atoms with E-state index in [1.54, 1.807) is 23.1 Å². The standard InChI is InChI=1S/C32H39FN2O2/c1-23(2)26-18-15-24(16-19-26)17-20-30(36)35(22-27-13-9-10-14-28(27)33)29(31(37)34-32(3,4)5)21-25-11-7-6-8-12-25/h6-16,18-19,23,29H,17,20-22H2,1-5H3,(H,34,37)/t29-/m1/s1. The maximum Gasteiger partial charge on any atom is 0.243 e. The van der Waals surface area contributed by atoms with Gasteiger partial charge in [0.1, 0.15) is 11.9 Å². The first kappa shape index (κ1) is 28.1. The summed E-state index contributed by atoms with van der Waals surface area (Å²) in [5.74, 6) is -0.380. The molecule has 0 heterocycles. The summed E-state index contributed by atoms with van der Waals surface area (Å²) in [6.45, 7) is 10.0. The highest BCUT2D eigenvalue weighted by Crippen LogP contribution is 2.20. The Bertz CT molecular complexity index is 1170. The fourth-order valence-corrected chi connectivity index (χ4v) is 4.28. The van der Waals surface area contributed by atoms with Gasteiger partial charge in [0.2, 0.25) is 11.8 Å². The number of amides is 2. The van der Waals surface area contributed by atoms with Crippen LogP contribution in [0.1, 0.15) is 69.2 Å². The summed E-state index contributed by atoms with van der Waals surface area (Å²) < 4.78 is 14.7. The van der Waals surface area contributed by atoms with Gasteiger partial charge in [-0.25, -0.2) is 4.39 Å². The van der Waals surface area contributed by atoms with E-state index in [-0.39, 0.29) is 30.6 Å². The van der Waals surface area contributed by atoms with Gasteiger partial charge < -0.3 is 10.2 Å². The van der Waals surface area contributed by atoms with E-state index in [4.69, 9.17) is 0 Å². The van der Waals surface area contributed by atoms with Crippen molar-refractivity contribution in [1.29, 1.82) is 0 Å². The number of rotatable bonds is 10. The normalized spacial score (nSPS) is 12.3. The number of carbonyl (C=O) groups is 2. The van der Waals surface area contributed by atoms with Crippen molar-refractivity contribution in [2.24, 2.45) is 0 Å². The highest BCUT2D eigenvalue weighted by molar-refractivity contribution is 5.88. The number of nitrogens with zero attached hydrogens (tertiary/aromatic N) is 1. The Morgan fingerprint density at radius 2 is 1.49 bits per heavy atom. The molecule has 0 fully saturated rings. The first-order chi connectivity index (χ1) is 17.5. The first-order valence-electron chi connectivity index (χ1n) is 13.0. The quantitative estimate of drug-likeness (QED) is 0.347. The minimum Gasteiger partial charge on any atom is -0.350 e. The number of halogens is 1. The molecule has 2 amide bonds. The monoisotopic (exact) mass is 502 g/mol. The molecule has 3 aromatic carbocycles. The fraction of sp³-hybridized carbons (Fsp3) is 0.375. The van der Waals surface area contributed by atoms with Crippen LogP contribution in [-0.2, 0) is 29.0 Å². The summed E-state index contributed by atoms with van der Waals surface area (Å²) >= 11 is 0. The zero-order chi connectivity index (χ0) is 27.0. The molecule has 0 radical (unpaired) electrons. The molecule has 5 heteroatoms. The van der Waals surface area contributed by atoms with E-state index in [1.165, 1.54) is 11.6 Å². The molecule has 0 spiro atoms. The summed E-state index contributed by atoms with van der Waals surface area (Å²) in [6, 6.07) is 23.6. The van der Waals surface area contributed by atoms with Gasteiger partial charge in [-0.3, -0.25) is 9.59 Å². The second-order valence-electron chi connectivity index (χ2n) is 11.0. The van der Waals surface area contributed by atoms with Gasteiger partial charge >= 0.3 is 0 Å². The lowest BCUT2D eigenvalue weighted by Gasteiger charge is -2.34. The van der Waals surface area contributed by atoms with Crippen LogP contribution >= 0.6 is 0 Å². The summed E-state index contributed by atoms with van der Waals surface area (Å²) in [6.07, 6.45) is 1.11. The van der Waals surface area contributed by atoms with Crippen molar-refractivity contribution in [1.82, 2.24) is 10.2 Å². The van der Waals surface area contributed by atoms with E-state index in [0.29, 0.717) is 24.3 Å². The van der Waals surface area contributed by atoms with Gasteiger partial charge in [0.25, 0.3) is 0 Å². The van der Waals surface area contributed by atoms with E-state index >= 15 is 0 Å². The Labute approximate surface area is 220 Å². The molecule has 0 saturated carbocycles. The van der Waals surface area contributed by atoms with Gasteiger partial charge in [-0.05, 0) is 55.9 Å². The van der Waals surface area contributed by atoms with Crippen LogP contribution in [0.15, 0.2) is 78.9 Å². The number of hydrogen-bond acceptors (Lipinski definition) is 2. The van der Waals surface area contributed by atoms with Gasteiger partial charge in [-0.15, -0.1) is 0 Å². The third kappa shape index (κ3) is 8.56. The lowest BCUT2D eigenvalue weighted by Crippen LogP contribution is -2.54. The van der Waals surface area contributed by atoms with E-state index in [2.05, 4.69) is 43.4 Å². The summed E-state index contributed by atoms with van der Waals surface area (Å²) in [5.41, 5.74) is 3.16. The zero-order valence-electron chi connectivity index (χ0n) is 22.6.